The van der Waals surface area contributed by atoms with Gasteiger partial charge in [0.25, 0.3) is 0 Å². The maximum absolute atomic E-state index is 5.96. The summed E-state index contributed by atoms with van der Waals surface area (Å²) in [5, 5.41) is 0. The lowest BCUT2D eigenvalue weighted by molar-refractivity contribution is 0.178. The van der Waals surface area contributed by atoms with Gasteiger partial charge in [0.15, 0.2) is 0 Å². The summed E-state index contributed by atoms with van der Waals surface area (Å²) in [5.41, 5.74) is 1.91. The average Bonchev–Trinajstić information content (AvgIpc) is 2.43. The molecule has 0 fully saturated rings. The van der Waals surface area contributed by atoms with Crippen LogP contribution in [0.4, 0.5) is 0 Å². The third kappa shape index (κ3) is 11.4. The summed E-state index contributed by atoms with van der Waals surface area (Å²) >= 11 is 0. The highest BCUT2D eigenvalue weighted by Gasteiger charge is 2.26. The van der Waals surface area contributed by atoms with Gasteiger partial charge in [-0.15, -0.1) is 6.58 Å². The Bertz CT molecular complexity index is 209. The van der Waals surface area contributed by atoms with Gasteiger partial charge in [-0.1, -0.05) is 58.8 Å². The fraction of sp³-hybridized carbons (Fsp3) is 0.875. The predicted molar refractivity (Wildman–Crippen MR) is 86.6 cm³/mol. The van der Waals surface area contributed by atoms with Gasteiger partial charge in [-0.2, -0.15) is 0 Å². The van der Waals surface area contributed by atoms with Gasteiger partial charge in [-0.25, -0.2) is 0 Å². The number of hydrogen-bond donors (Lipinski definition) is 0. The molecular formula is C16H34O2Si. The van der Waals surface area contributed by atoms with Crippen LogP contribution < -0.4 is 0 Å². The molecule has 0 aliphatic carbocycles. The van der Waals surface area contributed by atoms with E-state index in [1.165, 1.54) is 44.9 Å². The molecule has 0 rings (SSSR count). The molecule has 0 saturated heterocycles. The average molecular weight is 287 g/mol. The van der Waals surface area contributed by atoms with Gasteiger partial charge >= 0.3 is 8.56 Å². The molecule has 0 N–H and O–H groups in total. The van der Waals surface area contributed by atoms with E-state index < -0.39 is 8.56 Å². The van der Waals surface area contributed by atoms with Crippen molar-refractivity contribution in [2.75, 3.05) is 13.2 Å². The molecule has 0 heterocycles. The summed E-state index contributed by atoms with van der Waals surface area (Å²) in [6, 6.07) is 0. The molecule has 0 aliphatic heterocycles. The van der Waals surface area contributed by atoms with Crippen molar-refractivity contribution in [3.63, 3.8) is 0 Å². The summed E-state index contributed by atoms with van der Waals surface area (Å²) in [4.78, 5) is 0. The van der Waals surface area contributed by atoms with E-state index in [4.69, 9.17) is 8.85 Å². The van der Waals surface area contributed by atoms with E-state index in [1.807, 2.05) is 5.70 Å². The smallest absolute Gasteiger partial charge is 0.361 e. The van der Waals surface area contributed by atoms with Gasteiger partial charge in [0.2, 0.25) is 0 Å². The third-order valence-electron chi connectivity index (χ3n) is 3.39. The Morgan fingerprint density at radius 3 is 1.74 bits per heavy atom. The number of rotatable bonds is 14. The molecular weight excluding hydrogens is 252 g/mol. The molecule has 0 spiro atoms. The first-order valence-corrected chi connectivity index (χ1v) is 10.5. The topological polar surface area (TPSA) is 18.5 Å². The molecule has 1 atom stereocenters. The van der Waals surface area contributed by atoms with Crippen LogP contribution in [0.2, 0.25) is 6.55 Å². The van der Waals surface area contributed by atoms with Gasteiger partial charge in [0.1, 0.15) is 0 Å². The van der Waals surface area contributed by atoms with E-state index in [0.29, 0.717) is 0 Å². The van der Waals surface area contributed by atoms with Gasteiger partial charge < -0.3 is 8.85 Å². The SMILES string of the molecule is C=C[Si](C)(OCCCCC)OCCCCCCCC. The lowest BCUT2D eigenvalue weighted by Crippen LogP contribution is -2.37. The Morgan fingerprint density at radius 1 is 0.789 bits per heavy atom. The zero-order chi connectivity index (χ0) is 14.4. The standard InChI is InChI=1S/C16H34O2Si/c1-5-8-10-11-12-14-16-18-19(4,7-3)17-15-13-9-6-2/h7H,3,5-6,8-16H2,1-2,4H3. The van der Waals surface area contributed by atoms with Crippen molar-refractivity contribution in [1.29, 1.82) is 0 Å². The molecule has 0 bridgehead atoms. The zero-order valence-corrected chi connectivity index (χ0v) is 14.4. The molecule has 0 aromatic heterocycles. The lowest BCUT2D eigenvalue weighted by Gasteiger charge is -2.23. The molecule has 0 aromatic carbocycles. The highest BCUT2D eigenvalue weighted by Crippen LogP contribution is 2.12. The van der Waals surface area contributed by atoms with E-state index >= 15 is 0 Å². The van der Waals surface area contributed by atoms with Crippen LogP contribution in [0.3, 0.4) is 0 Å². The van der Waals surface area contributed by atoms with Gasteiger partial charge in [0.05, 0.1) is 0 Å². The Balaban J connectivity index is 3.58. The summed E-state index contributed by atoms with van der Waals surface area (Å²) in [6.45, 7) is 12.1. The predicted octanol–water partition coefficient (Wildman–Crippen LogP) is 5.37. The van der Waals surface area contributed by atoms with Crippen LogP contribution in [-0.2, 0) is 8.85 Å². The summed E-state index contributed by atoms with van der Waals surface area (Å²) in [5.74, 6) is 0. The Kier molecular flexibility index (Phi) is 12.8. The van der Waals surface area contributed by atoms with E-state index in [-0.39, 0.29) is 0 Å². The highest BCUT2D eigenvalue weighted by molar-refractivity contribution is 6.71. The highest BCUT2D eigenvalue weighted by atomic mass is 28.4. The van der Waals surface area contributed by atoms with Crippen LogP contribution in [0.25, 0.3) is 0 Å². The quantitative estimate of drug-likeness (QED) is 0.316. The van der Waals surface area contributed by atoms with Crippen LogP contribution in [0.15, 0.2) is 12.3 Å². The molecule has 19 heavy (non-hydrogen) atoms. The van der Waals surface area contributed by atoms with Crippen LogP contribution in [0, 0.1) is 0 Å². The number of hydrogen-bond acceptors (Lipinski definition) is 2. The fourth-order valence-corrected chi connectivity index (χ4v) is 3.36. The zero-order valence-electron chi connectivity index (χ0n) is 13.4. The Hall–Kier alpha value is -0.123. The maximum atomic E-state index is 5.96. The normalized spacial score (nSPS) is 14.3. The first kappa shape index (κ1) is 18.9. The first-order chi connectivity index (χ1) is 9.18. The second-order valence-electron chi connectivity index (χ2n) is 5.39. The number of unbranched alkanes of at least 4 members (excludes halogenated alkanes) is 7. The molecule has 3 heteroatoms. The van der Waals surface area contributed by atoms with Crippen molar-refractivity contribution < 1.29 is 8.85 Å². The molecule has 0 aliphatic rings. The molecule has 2 nitrogen and oxygen atoms in total. The van der Waals surface area contributed by atoms with Crippen molar-refractivity contribution in [3.05, 3.63) is 12.3 Å². The monoisotopic (exact) mass is 286 g/mol. The van der Waals surface area contributed by atoms with E-state index in [2.05, 4.69) is 27.0 Å². The van der Waals surface area contributed by atoms with Crippen molar-refractivity contribution in [2.45, 2.75) is 78.2 Å². The van der Waals surface area contributed by atoms with Crippen LogP contribution >= 0.6 is 0 Å². The molecule has 1 unspecified atom stereocenters. The van der Waals surface area contributed by atoms with Crippen molar-refractivity contribution in [2.24, 2.45) is 0 Å². The van der Waals surface area contributed by atoms with E-state index in [0.717, 1.165) is 26.1 Å². The van der Waals surface area contributed by atoms with Crippen molar-refractivity contribution >= 4 is 8.56 Å². The van der Waals surface area contributed by atoms with Crippen LogP contribution in [0.1, 0.15) is 71.6 Å². The molecule has 0 amide bonds. The van der Waals surface area contributed by atoms with Gasteiger partial charge in [-0.3, -0.25) is 0 Å². The van der Waals surface area contributed by atoms with Crippen LogP contribution in [-0.4, -0.2) is 21.8 Å². The molecule has 0 saturated carbocycles. The minimum atomic E-state index is -2.08. The van der Waals surface area contributed by atoms with E-state index in [1.54, 1.807) is 0 Å². The third-order valence-corrected chi connectivity index (χ3v) is 5.69. The molecule has 114 valence electrons. The second-order valence-corrected chi connectivity index (χ2v) is 8.41. The van der Waals surface area contributed by atoms with Crippen molar-refractivity contribution in [1.82, 2.24) is 0 Å². The summed E-state index contributed by atoms with van der Waals surface area (Å²) < 4.78 is 11.9. The minimum absolute atomic E-state index is 0.819. The van der Waals surface area contributed by atoms with Gasteiger partial charge in [0, 0.05) is 13.2 Å². The van der Waals surface area contributed by atoms with Crippen molar-refractivity contribution in [3.8, 4) is 0 Å². The van der Waals surface area contributed by atoms with Gasteiger partial charge in [-0.05, 0) is 25.1 Å². The maximum Gasteiger partial charge on any atom is 0.361 e. The fourth-order valence-electron chi connectivity index (χ4n) is 1.94. The second kappa shape index (κ2) is 12.9. The van der Waals surface area contributed by atoms with Crippen LogP contribution in [0.5, 0.6) is 0 Å². The lowest BCUT2D eigenvalue weighted by atomic mass is 10.1. The first-order valence-electron chi connectivity index (χ1n) is 8.10. The minimum Gasteiger partial charge on any atom is -0.391 e. The summed E-state index contributed by atoms with van der Waals surface area (Å²) in [7, 11) is -2.08. The largest absolute Gasteiger partial charge is 0.391 e. The Morgan fingerprint density at radius 2 is 1.21 bits per heavy atom. The Labute approximate surface area is 121 Å². The molecule has 0 radical (unpaired) electrons. The molecule has 0 aromatic rings. The van der Waals surface area contributed by atoms with E-state index in [9.17, 15) is 0 Å². The summed E-state index contributed by atoms with van der Waals surface area (Å²) in [6.07, 6.45) is 11.4.